The van der Waals surface area contributed by atoms with Crippen LogP contribution in [-0.2, 0) is 6.54 Å². The molecule has 0 radical (unpaired) electrons. The summed E-state index contributed by atoms with van der Waals surface area (Å²) in [6, 6.07) is 12.6. The predicted molar refractivity (Wildman–Crippen MR) is 87.3 cm³/mol. The number of halogens is 1. The lowest BCUT2D eigenvalue weighted by Crippen LogP contribution is -2.23. The number of nitrogens with zero attached hydrogens (tertiary/aromatic N) is 2. The van der Waals surface area contributed by atoms with Gasteiger partial charge in [0, 0.05) is 12.1 Å². The molecule has 0 fully saturated rings. The summed E-state index contributed by atoms with van der Waals surface area (Å²) in [5.74, 6) is 0.259. The Morgan fingerprint density at radius 3 is 2.65 bits per heavy atom. The molecule has 8 heteroatoms. The lowest BCUT2D eigenvalue weighted by molar-refractivity contribution is 0.0941. The van der Waals surface area contributed by atoms with Crippen molar-refractivity contribution in [1.82, 2.24) is 15.6 Å². The highest BCUT2D eigenvalue weighted by molar-refractivity contribution is 5.92. The van der Waals surface area contributed by atoms with Crippen molar-refractivity contribution in [3.05, 3.63) is 72.0 Å². The van der Waals surface area contributed by atoms with Gasteiger partial charge in [-0.2, -0.15) is 0 Å². The van der Waals surface area contributed by atoms with E-state index in [1.54, 1.807) is 36.4 Å². The Morgan fingerprint density at radius 1 is 1.00 bits per heavy atom. The second-order valence-electron chi connectivity index (χ2n) is 5.40. The van der Waals surface area contributed by atoms with Gasteiger partial charge in [-0.25, -0.2) is 4.39 Å². The van der Waals surface area contributed by atoms with Crippen LogP contribution >= 0.6 is 0 Å². The third-order valence-corrected chi connectivity index (χ3v) is 3.64. The summed E-state index contributed by atoms with van der Waals surface area (Å²) in [5.41, 5.74) is 0.859. The second kappa shape index (κ2) is 6.67. The van der Waals surface area contributed by atoms with E-state index in [0.29, 0.717) is 22.8 Å². The number of nitrogens with one attached hydrogen (secondary N) is 1. The van der Waals surface area contributed by atoms with E-state index in [9.17, 15) is 9.18 Å². The molecule has 0 spiro atoms. The van der Waals surface area contributed by atoms with Gasteiger partial charge in [0.15, 0.2) is 17.2 Å². The molecule has 0 saturated carbocycles. The number of carbonyl (C=O) groups is 1. The fourth-order valence-electron chi connectivity index (χ4n) is 2.36. The number of amides is 1. The number of benzene rings is 1. The Bertz CT molecular complexity index is 1040. The number of furan rings is 1. The summed E-state index contributed by atoms with van der Waals surface area (Å²) in [5, 5.41) is 10.2. The minimum absolute atomic E-state index is 0.0970. The Kier molecular flexibility index (Phi) is 4.06. The molecule has 4 aromatic rings. The van der Waals surface area contributed by atoms with E-state index in [2.05, 4.69) is 15.6 Å². The maximum atomic E-state index is 13.8. The summed E-state index contributed by atoms with van der Waals surface area (Å²) in [6.45, 7) is 0.0970. The highest BCUT2D eigenvalue weighted by atomic mass is 19.1. The minimum atomic E-state index is -0.443. The van der Waals surface area contributed by atoms with Crippen LogP contribution in [0.2, 0.25) is 0 Å². The van der Waals surface area contributed by atoms with E-state index in [1.807, 2.05) is 0 Å². The van der Waals surface area contributed by atoms with Crippen molar-refractivity contribution in [3.63, 3.8) is 0 Å². The zero-order valence-electron chi connectivity index (χ0n) is 13.3. The molecular formula is C18H12FN3O4. The molecule has 130 valence electrons. The van der Waals surface area contributed by atoms with E-state index >= 15 is 0 Å². The van der Waals surface area contributed by atoms with E-state index in [-0.39, 0.29) is 18.0 Å². The number of hydrogen-bond donors (Lipinski definition) is 1. The van der Waals surface area contributed by atoms with Crippen LogP contribution < -0.4 is 5.32 Å². The van der Waals surface area contributed by atoms with Gasteiger partial charge in [0.05, 0.1) is 18.4 Å². The third-order valence-electron chi connectivity index (χ3n) is 3.64. The van der Waals surface area contributed by atoms with Gasteiger partial charge in [0.25, 0.3) is 5.91 Å². The van der Waals surface area contributed by atoms with Gasteiger partial charge in [-0.15, -0.1) is 0 Å². The molecule has 26 heavy (non-hydrogen) atoms. The van der Waals surface area contributed by atoms with Gasteiger partial charge < -0.3 is 18.8 Å². The van der Waals surface area contributed by atoms with Crippen LogP contribution in [0, 0.1) is 5.82 Å². The highest BCUT2D eigenvalue weighted by Gasteiger charge is 2.16. The summed E-state index contributed by atoms with van der Waals surface area (Å²) >= 11 is 0. The van der Waals surface area contributed by atoms with Crippen molar-refractivity contribution < 1.29 is 22.6 Å². The molecule has 0 bridgehead atoms. The van der Waals surface area contributed by atoms with Crippen LogP contribution in [0.3, 0.4) is 0 Å². The fraction of sp³-hybridized carbons (Fsp3) is 0.0556. The minimum Gasteiger partial charge on any atom is -0.461 e. The number of carbonyl (C=O) groups excluding carboxylic acids is 1. The van der Waals surface area contributed by atoms with Gasteiger partial charge in [-0.3, -0.25) is 4.79 Å². The van der Waals surface area contributed by atoms with Gasteiger partial charge in [0.2, 0.25) is 5.76 Å². The largest absolute Gasteiger partial charge is 0.461 e. The average Bonchev–Trinajstić information content (AvgIpc) is 3.40. The van der Waals surface area contributed by atoms with Crippen molar-refractivity contribution in [3.8, 4) is 22.8 Å². The van der Waals surface area contributed by atoms with Gasteiger partial charge in [-0.05, 0) is 24.3 Å². The SMILES string of the molecule is O=C(NCc1cc(-c2ccccc2F)on1)c1cc(-c2ccco2)on1. The quantitative estimate of drug-likeness (QED) is 0.588. The summed E-state index contributed by atoms with van der Waals surface area (Å²) in [7, 11) is 0. The van der Waals surface area contributed by atoms with Crippen molar-refractivity contribution in [1.29, 1.82) is 0 Å². The maximum absolute atomic E-state index is 13.8. The normalized spacial score (nSPS) is 10.8. The zero-order chi connectivity index (χ0) is 17.9. The molecule has 3 heterocycles. The van der Waals surface area contributed by atoms with Crippen LogP contribution in [0.15, 0.2) is 68.3 Å². The monoisotopic (exact) mass is 353 g/mol. The summed E-state index contributed by atoms with van der Waals surface area (Å²) in [6.07, 6.45) is 1.50. The molecule has 0 aliphatic carbocycles. The topological polar surface area (TPSA) is 94.3 Å². The molecule has 4 rings (SSSR count). The number of aromatic nitrogens is 2. The van der Waals surface area contributed by atoms with Crippen LogP contribution in [0.1, 0.15) is 16.2 Å². The molecule has 0 aliphatic heterocycles. The Hall–Kier alpha value is -3.68. The van der Waals surface area contributed by atoms with Crippen LogP contribution in [0.5, 0.6) is 0 Å². The molecule has 1 aromatic carbocycles. The molecule has 0 saturated heterocycles. The van der Waals surface area contributed by atoms with E-state index in [0.717, 1.165) is 0 Å². The van der Waals surface area contributed by atoms with E-state index < -0.39 is 11.7 Å². The predicted octanol–water partition coefficient (Wildman–Crippen LogP) is 3.66. The third kappa shape index (κ3) is 3.12. The Morgan fingerprint density at radius 2 is 1.85 bits per heavy atom. The molecule has 7 nitrogen and oxygen atoms in total. The number of rotatable bonds is 5. The molecule has 0 aliphatic rings. The lowest BCUT2D eigenvalue weighted by atomic mass is 10.1. The number of hydrogen-bond acceptors (Lipinski definition) is 6. The second-order valence-corrected chi connectivity index (χ2v) is 5.40. The molecule has 0 atom stereocenters. The first-order valence-electron chi connectivity index (χ1n) is 7.70. The highest BCUT2D eigenvalue weighted by Crippen LogP contribution is 2.23. The molecule has 1 N–H and O–H groups in total. The first kappa shape index (κ1) is 15.8. The Labute approximate surface area is 146 Å². The van der Waals surface area contributed by atoms with Gasteiger partial charge in [0.1, 0.15) is 11.5 Å². The van der Waals surface area contributed by atoms with Crippen molar-refractivity contribution in [2.24, 2.45) is 0 Å². The summed E-state index contributed by atoms with van der Waals surface area (Å²) < 4.78 is 29.1. The van der Waals surface area contributed by atoms with Gasteiger partial charge >= 0.3 is 0 Å². The maximum Gasteiger partial charge on any atom is 0.273 e. The van der Waals surface area contributed by atoms with Crippen LogP contribution in [0.4, 0.5) is 4.39 Å². The Balaban J connectivity index is 1.42. The van der Waals surface area contributed by atoms with Crippen LogP contribution in [0.25, 0.3) is 22.8 Å². The first-order chi connectivity index (χ1) is 12.7. The average molecular weight is 353 g/mol. The molecule has 3 aromatic heterocycles. The fourth-order valence-corrected chi connectivity index (χ4v) is 2.36. The van der Waals surface area contributed by atoms with E-state index in [4.69, 9.17) is 13.5 Å². The van der Waals surface area contributed by atoms with E-state index in [1.165, 1.54) is 18.4 Å². The first-order valence-corrected chi connectivity index (χ1v) is 7.70. The molecule has 1 amide bonds. The zero-order valence-corrected chi connectivity index (χ0v) is 13.3. The molecule has 0 unspecified atom stereocenters. The smallest absolute Gasteiger partial charge is 0.273 e. The molecular weight excluding hydrogens is 341 g/mol. The van der Waals surface area contributed by atoms with Crippen molar-refractivity contribution in [2.75, 3.05) is 0 Å². The van der Waals surface area contributed by atoms with Crippen molar-refractivity contribution in [2.45, 2.75) is 6.54 Å². The standard InChI is InChI=1S/C18H12FN3O4/c19-13-5-2-1-4-12(13)16-8-11(21-25-16)10-20-18(23)14-9-17(26-22-14)15-6-3-7-24-15/h1-9H,10H2,(H,20,23). The van der Waals surface area contributed by atoms with Crippen LogP contribution in [-0.4, -0.2) is 16.2 Å². The lowest BCUT2D eigenvalue weighted by Gasteiger charge is -1.98. The summed E-state index contributed by atoms with van der Waals surface area (Å²) in [4.78, 5) is 12.1. The van der Waals surface area contributed by atoms with Crippen molar-refractivity contribution >= 4 is 5.91 Å². The van der Waals surface area contributed by atoms with Gasteiger partial charge in [-0.1, -0.05) is 22.4 Å².